The smallest absolute Gasteiger partial charge is 0.153 e. The zero-order chi connectivity index (χ0) is 12.4. The molecule has 88 valence electrons. The van der Waals surface area contributed by atoms with Crippen LogP contribution < -0.4 is 11.1 Å². The molecule has 0 radical (unpaired) electrons. The Kier molecular flexibility index (Phi) is 3.15. The van der Waals surface area contributed by atoms with Crippen LogP contribution in [0.5, 0.6) is 0 Å². The summed E-state index contributed by atoms with van der Waals surface area (Å²) in [4.78, 5) is 4.06. The second-order valence-electron chi connectivity index (χ2n) is 3.64. The van der Waals surface area contributed by atoms with Crippen molar-refractivity contribution in [3.05, 3.63) is 46.9 Å². The predicted molar refractivity (Wildman–Crippen MR) is 68.1 cm³/mol. The number of nitrogen functional groups attached to an aromatic ring is 1. The Hall–Kier alpha value is -1.81. The minimum Gasteiger partial charge on any atom is -0.396 e. The second-order valence-corrected chi connectivity index (χ2v) is 4.08. The van der Waals surface area contributed by atoms with Crippen molar-refractivity contribution >= 4 is 28.8 Å². The summed E-state index contributed by atoms with van der Waals surface area (Å²) < 4.78 is 13.6. The summed E-state index contributed by atoms with van der Waals surface area (Å²) in [7, 11) is 0. The molecule has 0 atom stereocenters. The lowest BCUT2D eigenvalue weighted by Crippen LogP contribution is -2.02. The van der Waals surface area contributed by atoms with Crippen LogP contribution in [0.25, 0.3) is 0 Å². The molecule has 0 bridgehead atoms. The van der Waals surface area contributed by atoms with Gasteiger partial charge in [-0.1, -0.05) is 11.6 Å². The number of aromatic nitrogens is 1. The van der Waals surface area contributed by atoms with Crippen LogP contribution in [0.2, 0.25) is 5.02 Å². The number of hydrogen-bond donors (Lipinski definition) is 2. The summed E-state index contributed by atoms with van der Waals surface area (Å²) in [6, 6.07) is 6.16. The summed E-state index contributed by atoms with van der Waals surface area (Å²) in [6.45, 7) is 1.86. The number of aryl methyl sites for hydroxylation is 1. The zero-order valence-electron chi connectivity index (χ0n) is 9.17. The fraction of sp³-hybridized carbons (Fsp3) is 0.0833. The Bertz CT molecular complexity index is 557. The molecule has 2 aromatic rings. The van der Waals surface area contributed by atoms with Crippen molar-refractivity contribution < 1.29 is 4.39 Å². The first-order valence-corrected chi connectivity index (χ1v) is 5.39. The van der Waals surface area contributed by atoms with Crippen LogP contribution in [0.4, 0.5) is 21.6 Å². The Morgan fingerprint density at radius 3 is 2.82 bits per heavy atom. The molecule has 0 aliphatic heterocycles. The molecule has 0 saturated heterocycles. The average molecular weight is 252 g/mol. The van der Waals surface area contributed by atoms with E-state index in [9.17, 15) is 4.39 Å². The number of anilines is 3. The SMILES string of the molecule is Cc1ccnc(Nc2ccc(Cl)cc2F)c1N. The monoisotopic (exact) mass is 251 g/mol. The number of nitrogens with two attached hydrogens (primary N) is 1. The fourth-order valence-corrected chi connectivity index (χ4v) is 1.55. The van der Waals surface area contributed by atoms with Gasteiger partial charge in [0.25, 0.3) is 0 Å². The molecule has 0 fully saturated rings. The van der Waals surface area contributed by atoms with Gasteiger partial charge in [0.05, 0.1) is 11.4 Å². The summed E-state index contributed by atoms with van der Waals surface area (Å²) >= 11 is 5.67. The third-order valence-electron chi connectivity index (χ3n) is 2.39. The van der Waals surface area contributed by atoms with Gasteiger partial charge in [-0.2, -0.15) is 0 Å². The van der Waals surface area contributed by atoms with Crippen LogP contribution in [-0.4, -0.2) is 4.98 Å². The average Bonchev–Trinajstić information content (AvgIpc) is 2.28. The van der Waals surface area contributed by atoms with Crippen LogP contribution in [-0.2, 0) is 0 Å². The van der Waals surface area contributed by atoms with Gasteiger partial charge in [0, 0.05) is 11.2 Å². The lowest BCUT2D eigenvalue weighted by molar-refractivity contribution is 0.632. The van der Waals surface area contributed by atoms with Crippen LogP contribution in [0.15, 0.2) is 30.5 Å². The Morgan fingerprint density at radius 2 is 2.12 bits per heavy atom. The molecule has 1 heterocycles. The molecule has 2 rings (SSSR count). The third kappa shape index (κ3) is 2.47. The molecular formula is C12H11ClFN3. The van der Waals surface area contributed by atoms with Gasteiger partial charge in [0.2, 0.25) is 0 Å². The summed E-state index contributed by atoms with van der Waals surface area (Å²) in [5.74, 6) is -0.00794. The minimum atomic E-state index is -0.444. The molecule has 3 N–H and O–H groups in total. The van der Waals surface area contributed by atoms with E-state index in [2.05, 4.69) is 10.3 Å². The highest BCUT2D eigenvalue weighted by molar-refractivity contribution is 6.30. The van der Waals surface area contributed by atoms with E-state index < -0.39 is 5.82 Å². The van der Waals surface area contributed by atoms with E-state index in [4.69, 9.17) is 17.3 Å². The molecule has 0 amide bonds. The van der Waals surface area contributed by atoms with Crippen LogP contribution >= 0.6 is 11.6 Å². The molecule has 5 heteroatoms. The van der Waals surface area contributed by atoms with Crippen molar-refractivity contribution in [3.8, 4) is 0 Å². The van der Waals surface area contributed by atoms with Crippen molar-refractivity contribution in [2.24, 2.45) is 0 Å². The largest absolute Gasteiger partial charge is 0.396 e. The van der Waals surface area contributed by atoms with E-state index in [1.165, 1.54) is 6.07 Å². The second kappa shape index (κ2) is 4.59. The number of pyridine rings is 1. The molecule has 0 spiro atoms. The van der Waals surface area contributed by atoms with E-state index in [1.807, 2.05) is 6.92 Å². The van der Waals surface area contributed by atoms with Crippen LogP contribution in [0, 0.1) is 12.7 Å². The molecule has 1 aromatic heterocycles. The maximum Gasteiger partial charge on any atom is 0.153 e. The lowest BCUT2D eigenvalue weighted by atomic mass is 10.2. The number of rotatable bonds is 2. The van der Waals surface area contributed by atoms with Gasteiger partial charge < -0.3 is 11.1 Å². The number of halogens is 2. The number of benzene rings is 1. The first-order valence-electron chi connectivity index (χ1n) is 5.01. The quantitative estimate of drug-likeness (QED) is 0.859. The van der Waals surface area contributed by atoms with Gasteiger partial charge >= 0.3 is 0 Å². The van der Waals surface area contributed by atoms with E-state index in [-0.39, 0.29) is 0 Å². The van der Waals surface area contributed by atoms with Crippen molar-refractivity contribution in [3.63, 3.8) is 0 Å². The highest BCUT2D eigenvalue weighted by atomic mass is 35.5. The molecule has 17 heavy (non-hydrogen) atoms. The van der Waals surface area contributed by atoms with E-state index in [0.717, 1.165) is 5.56 Å². The fourth-order valence-electron chi connectivity index (χ4n) is 1.39. The number of nitrogens with one attached hydrogen (secondary N) is 1. The van der Waals surface area contributed by atoms with Gasteiger partial charge in [0.1, 0.15) is 5.82 Å². The minimum absolute atomic E-state index is 0.291. The number of hydrogen-bond acceptors (Lipinski definition) is 3. The predicted octanol–water partition coefficient (Wildman–Crippen LogP) is 3.51. The Labute approximate surface area is 103 Å². The Balaban J connectivity index is 2.35. The van der Waals surface area contributed by atoms with Gasteiger partial charge in [0.15, 0.2) is 5.82 Å². The lowest BCUT2D eigenvalue weighted by Gasteiger charge is -2.10. The van der Waals surface area contributed by atoms with Gasteiger partial charge in [-0.15, -0.1) is 0 Å². The highest BCUT2D eigenvalue weighted by Crippen LogP contribution is 2.26. The first kappa shape index (κ1) is 11.7. The van der Waals surface area contributed by atoms with Crippen molar-refractivity contribution in [2.45, 2.75) is 6.92 Å². The molecule has 0 aliphatic rings. The summed E-state index contributed by atoms with van der Waals surface area (Å²) in [5.41, 5.74) is 7.52. The third-order valence-corrected chi connectivity index (χ3v) is 2.63. The Morgan fingerprint density at radius 1 is 1.35 bits per heavy atom. The van der Waals surface area contributed by atoms with Gasteiger partial charge in [-0.3, -0.25) is 0 Å². The topological polar surface area (TPSA) is 50.9 Å². The van der Waals surface area contributed by atoms with Crippen molar-refractivity contribution in [1.29, 1.82) is 0 Å². The van der Waals surface area contributed by atoms with Gasteiger partial charge in [-0.05, 0) is 36.8 Å². The molecule has 1 aromatic carbocycles. The maximum absolute atomic E-state index is 13.6. The normalized spacial score (nSPS) is 10.3. The molecule has 0 saturated carbocycles. The standard InChI is InChI=1S/C12H11ClFN3/c1-7-4-5-16-12(11(7)15)17-10-3-2-8(13)6-9(10)14/h2-6H,15H2,1H3,(H,16,17). The number of nitrogens with zero attached hydrogens (tertiary/aromatic N) is 1. The molecule has 0 unspecified atom stereocenters. The highest BCUT2D eigenvalue weighted by Gasteiger charge is 2.07. The summed E-state index contributed by atoms with van der Waals surface area (Å²) in [6.07, 6.45) is 1.61. The van der Waals surface area contributed by atoms with Crippen molar-refractivity contribution in [1.82, 2.24) is 4.98 Å². The maximum atomic E-state index is 13.6. The first-order chi connectivity index (χ1) is 8.08. The van der Waals surface area contributed by atoms with E-state index >= 15 is 0 Å². The molecular weight excluding hydrogens is 241 g/mol. The molecule has 3 nitrogen and oxygen atoms in total. The van der Waals surface area contributed by atoms with E-state index in [1.54, 1.807) is 24.4 Å². The van der Waals surface area contributed by atoms with Crippen molar-refractivity contribution in [2.75, 3.05) is 11.1 Å². The van der Waals surface area contributed by atoms with Crippen LogP contribution in [0.1, 0.15) is 5.56 Å². The molecule has 0 aliphatic carbocycles. The van der Waals surface area contributed by atoms with Gasteiger partial charge in [-0.25, -0.2) is 9.37 Å². The summed E-state index contributed by atoms with van der Waals surface area (Å²) in [5, 5.41) is 3.18. The zero-order valence-corrected chi connectivity index (χ0v) is 9.92. The van der Waals surface area contributed by atoms with Crippen LogP contribution in [0.3, 0.4) is 0 Å². The van der Waals surface area contributed by atoms with E-state index in [0.29, 0.717) is 22.2 Å².